The van der Waals surface area contributed by atoms with E-state index < -0.39 is 42.3 Å². The Morgan fingerprint density at radius 2 is 1.49 bits per heavy atom. The van der Waals surface area contributed by atoms with Gasteiger partial charge in [-0.05, 0) is 130 Å². The minimum Gasteiger partial charge on any atom is -0.416 e. The summed E-state index contributed by atoms with van der Waals surface area (Å²) in [5, 5.41) is 0.0482. The van der Waals surface area contributed by atoms with Gasteiger partial charge >= 0.3 is 11.4 Å². The van der Waals surface area contributed by atoms with Gasteiger partial charge in [0.15, 0.2) is 26.5 Å². The summed E-state index contributed by atoms with van der Waals surface area (Å²) in [6.45, 7) is 29.3. The van der Waals surface area contributed by atoms with Crippen LogP contribution in [0.1, 0.15) is 107 Å². The predicted molar refractivity (Wildman–Crippen MR) is 236 cm³/mol. The predicted octanol–water partition coefficient (Wildman–Crippen LogP) is 9.11. The fourth-order valence-electron chi connectivity index (χ4n) is 13.2. The first-order valence-corrected chi connectivity index (χ1v) is 30.1. The third-order valence-corrected chi connectivity index (χ3v) is 25.1. The van der Waals surface area contributed by atoms with Crippen LogP contribution < -0.4 is 11.4 Å². The average Bonchev–Trinajstić information content (AvgIpc) is 3.59. The van der Waals surface area contributed by atoms with Crippen LogP contribution in [0.25, 0.3) is 5.69 Å². The largest absolute Gasteiger partial charge is 0.416 e. The number of nitrogens with zero attached hydrogens (tertiary/aromatic N) is 3. The maximum Gasteiger partial charge on any atom is 0.352 e. The van der Waals surface area contributed by atoms with Gasteiger partial charge in [0, 0.05) is 24.2 Å². The van der Waals surface area contributed by atoms with Gasteiger partial charge < -0.3 is 8.85 Å². The van der Waals surface area contributed by atoms with Crippen LogP contribution in [0.5, 0.6) is 0 Å². The lowest BCUT2D eigenvalue weighted by Crippen LogP contribution is -2.76. The molecule has 0 N–H and O–H groups in total. The summed E-state index contributed by atoms with van der Waals surface area (Å²) in [5.74, 6) is 0.510. The van der Waals surface area contributed by atoms with Crippen molar-refractivity contribution in [3.8, 4) is 5.69 Å². The molecule has 4 aliphatic carbocycles. The smallest absolute Gasteiger partial charge is 0.352 e. The molecule has 57 heavy (non-hydrogen) atoms. The molecular weight excluding hydrogens is 767 g/mol. The van der Waals surface area contributed by atoms with Crippen molar-refractivity contribution in [3.63, 3.8) is 0 Å². The van der Waals surface area contributed by atoms with Crippen LogP contribution in [0.3, 0.4) is 0 Å². The number of benzene rings is 1. The molecule has 0 radical (unpaired) electrons. The summed E-state index contributed by atoms with van der Waals surface area (Å²) in [6, 6.07) is 9.45. The van der Waals surface area contributed by atoms with Gasteiger partial charge in [0.1, 0.15) is 0 Å². The van der Waals surface area contributed by atoms with E-state index in [1.54, 1.807) is 0 Å². The molecule has 2 bridgehead atoms. The standard InChI is InChI=1S/C45H73N3O6SSi2/c1-31(2)43(55(9,51)52,30-53-56(10,11)12)28-32(3)35-20-21-36-41(35,7)24-23-37-42(8)25-22-34(54-57(13,14)40(4,5)6)29-44(42)26-27-45(36,37)48-39(50)46(38(49)47(44)48)33-18-16-15-17-19-33/h15-19,26-27,31-32,34-37H,20-25,28-30H2,1-14H3/t32-,34?,35-,36-,37-,41-,42-,43?,44-,45+/m1/s1. The van der Waals surface area contributed by atoms with Crippen molar-refractivity contribution >= 4 is 26.5 Å². The van der Waals surface area contributed by atoms with E-state index in [-0.39, 0.29) is 69.5 Å². The van der Waals surface area contributed by atoms with E-state index in [1.807, 2.05) is 53.5 Å². The highest BCUT2D eigenvalue weighted by atomic mass is 32.2. The molecule has 0 saturated heterocycles. The van der Waals surface area contributed by atoms with Gasteiger partial charge in [-0.15, -0.1) is 0 Å². The molecule has 0 amide bonds. The van der Waals surface area contributed by atoms with E-state index in [1.165, 1.54) is 10.8 Å². The van der Waals surface area contributed by atoms with Crippen molar-refractivity contribution < 1.29 is 17.3 Å². The molecule has 6 aliphatic rings. The van der Waals surface area contributed by atoms with Crippen molar-refractivity contribution in [1.82, 2.24) is 13.9 Å². The number of fused-ring (bicyclic) bond motifs is 1. The van der Waals surface area contributed by atoms with Crippen molar-refractivity contribution in [1.29, 1.82) is 0 Å². The molecule has 8 rings (SSSR count). The maximum absolute atomic E-state index is 15.3. The van der Waals surface area contributed by atoms with Crippen molar-refractivity contribution in [2.24, 2.45) is 40.4 Å². The molecule has 10 atom stereocenters. The second-order valence-corrected chi connectivity index (χ2v) is 34.2. The van der Waals surface area contributed by atoms with Crippen LogP contribution in [0.2, 0.25) is 37.8 Å². The second-order valence-electron chi connectivity index (χ2n) is 22.6. The van der Waals surface area contributed by atoms with Gasteiger partial charge in [-0.3, -0.25) is 0 Å². The van der Waals surface area contributed by atoms with Gasteiger partial charge in [-0.25, -0.2) is 31.9 Å². The van der Waals surface area contributed by atoms with Crippen molar-refractivity contribution in [3.05, 3.63) is 63.5 Å². The van der Waals surface area contributed by atoms with Crippen LogP contribution in [0, 0.1) is 40.4 Å². The zero-order valence-electron chi connectivity index (χ0n) is 37.6. The van der Waals surface area contributed by atoms with E-state index in [4.69, 9.17) is 8.85 Å². The zero-order valence-corrected chi connectivity index (χ0v) is 40.4. The Kier molecular flexibility index (Phi) is 10.2. The van der Waals surface area contributed by atoms with Gasteiger partial charge in [0.05, 0.1) is 28.1 Å². The Labute approximate surface area is 345 Å². The zero-order chi connectivity index (χ0) is 42.2. The highest BCUT2D eigenvalue weighted by molar-refractivity contribution is 7.92. The van der Waals surface area contributed by atoms with Crippen LogP contribution in [-0.4, -0.2) is 62.7 Å². The Hall–Kier alpha value is -2.00. The maximum atomic E-state index is 15.3. The van der Waals surface area contributed by atoms with E-state index in [0.717, 1.165) is 38.5 Å². The molecule has 12 heteroatoms. The Bertz CT molecular complexity index is 2150. The molecule has 9 nitrogen and oxygen atoms in total. The number of allylic oxidation sites excluding steroid dienone is 2. The lowest BCUT2D eigenvalue weighted by Gasteiger charge is -2.71. The minimum absolute atomic E-state index is 0.0173. The molecule has 3 saturated carbocycles. The third kappa shape index (κ3) is 6.08. The Morgan fingerprint density at radius 1 is 0.860 bits per heavy atom. The number of sulfone groups is 1. The first kappa shape index (κ1) is 43.1. The quantitative estimate of drug-likeness (QED) is 0.165. The Balaban J connectivity index is 1.36. The monoisotopic (exact) mass is 839 g/mol. The molecular formula is C45H73N3O6SSi2. The van der Waals surface area contributed by atoms with Crippen LogP contribution >= 0.6 is 0 Å². The first-order valence-electron chi connectivity index (χ1n) is 21.9. The molecule has 3 heterocycles. The third-order valence-electron chi connectivity index (χ3n) is 17.3. The second kappa shape index (κ2) is 13.5. The number of hydrogen-bond donors (Lipinski definition) is 0. The summed E-state index contributed by atoms with van der Waals surface area (Å²) in [4.78, 5) is 30.5. The summed E-state index contributed by atoms with van der Waals surface area (Å²) >= 11 is 0. The fraction of sp³-hybridized carbons (Fsp3) is 0.778. The summed E-state index contributed by atoms with van der Waals surface area (Å²) in [6.07, 6.45) is 13.1. The molecule has 2 spiro atoms. The lowest BCUT2D eigenvalue weighted by molar-refractivity contribution is -0.199. The summed E-state index contributed by atoms with van der Waals surface area (Å²) in [7, 11) is -7.61. The van der Waals surface area contributed by atoms with Crippen molar-refractivity contribution in [2.75, 3.05) is 12.9 Å². The van der Waals surface area contributed by atoms with E-state index >= 15 is 9.59 Å². The normalized spacial score (nSPS) is 35.4. The highest BCUT2D eigenvalue weighted by Crippen LogP contribution is 2.74. The van der Waals surface area contributed by atoms with E-state index in [2.05, 4.69) is 86.4 Å². The fourth-order valence-corrected chi connectivity index (χ4v) is 17.1. The van der Waals surface area contributed by atoms with E-state index in [0.29, 0.717) is 18.5 Å². The molecule has 1 aromatic heterocycles. The van der Waals surface area contributed by atoms with Crippen LogP contribution in [0.15, 0.2) is 52.1 Å². The van der Waals surface area contributed by atoms with Crippen molar-refractivity contribution in [2.45, 2.75) is 166 Å². The van der Waals surface area contributed by atoms with Crippen LogP contribution in [-0.2, 0) is 29.8 Å². The molecule has 2 aliphatic heterocycles. The highest BCUT2D eigenvalue weighted by Gasteiger charge is 2.75. The first-order chi connectivity index (χ1) is 26.1. The lowest BCUT2D eigenvalue weighted by atomic mass is 9.40. The summed E-state index contributed by atoms with van der Waals surface area (Å²) < 4.78 is 45.8. The van der Waals surface area contributed by atoms with E-state index in [9.17, 15) is 8.42 Å². The SMILES string of the molecule is CC(C)C(CO[Si](C)(C)C)(C[C@@H](C)[C@H]1CC[C@@H]2[C@]1(C)CC[C@H]1[C@]23C=C[C@]2(CC(O[Si](C)(C)C(C)(C)C)CC[C@]12C)n1c(=O)n(-c2ccccc2)c(=O)n13)S(C)(=O)=O. The molecule has 3 fully saturated rings. The van der Waals surface area contributed by atoms with Gasteiger partial charge in [-0.1, -0.05) is 85.7 Å². The number of rotatable bonds is 11. The Morgan fingerprint density at radius 3 is 2.07 bits per heavy atom. The topological polar surface area (TPSA) is 102 Å². The van der Waals surface area contributed by atoms with Gasteiger partial charge in [-0.2, -0.15) is 0 Å². The molecule has 318 valence electrons. The molecule has 2 unspecified atom stereocenters. The molecule has 2 aromatic rings. The summed E-state index contributed by atoms with van der Waals surface area (Å²) in [5.41, 5.74) is -1.76. The minimum atomic E-state index is -3.48. The number of aromatic nitrogens is 3. The number of para-hydroxylation sites is 1. The van der Waals surface area contributed by atoms with Gasteiger partial charge in [0.25, 0.3) is 0 Å². The van der Waals surface area contributed by atoms with Crippen LogP contribution in [0.4, 0.5) is 0 Å². The molecule has 1 aromatic carbocycles. The number of hydrogen-bond acceptors (Lipinski definition) is 6. The van der Waals surface area contributed by atoms with Gasteiger partial charge in [0.2, 0.25) is 0 Å². The average molecular weight is 840 g/mol.